The summed E-state index contributed by atoms with van der Waals surface area (Å²) in [6, 6.07) is 14.4. The van der Waals surface area contributed by atoms with Crippen molar-refractivity contribution in [2.45, 2.75) is 58.5 Å². The molecule has 2 aromatic carbocycles. The van der Waals surface area contributed by atoms with Crippen LogP contribution in [0.4, 0.5) is 0 Å². The van der Waals surface area contributed by atoms with E-state index in [1.54, 1.807) is 24.3 Å². The van der Waals surface area contributed by atoms with Crippen LogP contribution >= 0.6 is 0 Å². The van der Waals surface area contributed by atoms with E-state index in [1.165, 1.54) is 0 Å². The number of epoxide rings is 1. The number of benzene rings is 2. The number of ether oxygens (including phenoxy) is 2. The van der Waals surface area contributed by atoms with E-state index in [-0.39, 0.29) is 40.7 Å². The van der Waals surface area contributed by atoms with E-state index in [0.717, 1.165) is 37.0 Å². The van der Waals surface area contributed by atoms with Crippen LogP contribution in [0.2, 0.25) is 0 Å². The number of esters is 2. The van der Waals surface area contributed by atoms with Gasteiger partial charge in [0.2, 0.25) is 0 Å². The topological polar surface area (TPSA) is 96.4 Å². The Hall–Kier alpha value is -2.86. The molecule has 3 fully saturated rings. The van der Waals surface area contributed by atoms with Gasteiger partial charge in [-0.05, 0) is 61.1 Å². The number of hydrogen-bond acceptors (Lipinski definition) is 6. The van der Waals surface area contributed by atoms with Crippen molar-refractivity contribution in [2.75, 3.05) is 6.61 Å². The predicted octanol–water partition coefficient (Wildman–Crippen LogP) is 4.95. The van der Waals surface area contributed by atoms with Crippen molar-refractivity contribution in [1.29, 1.82) is 0 Å². The minimum Gasteiger partial charge on any atom is -0.508 e. The molecule has 4 atom stereocenters. The molecule has 1 saturated carbocycles. The Kier molecular flexibility index (Phi) is 7.80. The van der Waals surface area contributed by atoms with Crippen LogP contribution in [0.5, 0.6) is 11.5 Å². The van der Waals surface area contributed by atoms with Crippen LogP contribution in [0.25, 0.3) is 0 Å². The van der Waals surface area contributed by atoms with E-state index in [4.69, 9.17) is 4.74 Å². The minimum atomic E-state index is -0.295. The van der Waals surface area contributed by atoms with Gasteiger partial charge in [-0.2, -0.15) is 0 Å². The summed E-state index contributed by atoms with van der Waals surface area (Å²) in [6.45, 7) is 9.30. The monoisotopic (exact) mass is 454 g/mol. The Bertz CT molecular complexity index is 896. The maximum Gasteiger partial charge on any atom is 0.317 e. The molecular formula is C27H34O6. The van der Waals surface area contributed by atoms with Crippen molar-refractivity contribution < 1.29 is 29.3 Å². The number of hydrogen-bond donors (Lipinski definition) is 2. The standard InChI is InChI=1S/C15H16O2.C9H12O3.C3H6O/c1-15(2,11-3-7-13(16)8-4-11)12-5-9-14(17)10-6-12;1-5-3-2-4-6-7(5)9(11)12-8(6)10;1-3-2-4-3/h3-10,16-17H,1-2H3;5-7H,2-4H2,1H3;3H,2H2,1H3. The highest BCUT2D eigenvalue weighted by molar-refractivity contribution is 5.96. The molecule has 0 bridgehead atoms. The van der Waals surface area contributed by atoms with Gasteiger partial charge < -0.3 is 19.7 Å². The minimum absolute atomic E-state index is 0.124. The van der Waals surface area contributed by atoms with Crippen LogP contribution in [-0.4, -0.2) is 34.9 Å². The van der Waals surface area contributed by atoms with Crippen LogP contribution in [0.15, 0.2) is 48.5 Å². The van der Waals surface area contributed by atoms with Gasteiger partial charge in [-0.15, -0.1) is 0 Å². The molecule has 2 aromatic rings. The maximum absolute atomic E-state index is 11.2. The first-order valence-electron chi connectivity index (χ1n) is 11.6. The molecule has 0 aromatic heterocycles. The maximum atomic E-state index is 11.2. The number of carbonyl (C=O) groups excluding carboxylic acids is 2. The molecule has 5 rings (SSSR count). The molecule has 3 aliphatic rings. The largest absolute Gasteiger partial charge is 0.508 e. The molecule has 2 saturated heterocycles. The lowest BCUT2D eigenvalue weighted by atomic mass is 9.74. The molecule has 2 N–H and O–H groups in total. The number of phenolic OH excluding ortho intramolecular Hbond substituents is 2. The second-order valence-electron chi connectivity index (χ2n) is 9.64. The summed E-state index contributed by atoms with van der Waals surface area (Å²) in [5, 5.41) is 18.6. The molecular weight excluding hydrogens is 420 g/mol. The van der Waals surface area contributed by atoms with Crippen molar-refractivity contribution in [2.24, 2.45) is 17.8 Å². The van der Waals surface area contributed by atoms with Gasteiger partial charge in [0, 0.05) is 5.41 Å². The molecule has 178 valence electrons. The van der Waals surface area contributed by atoms with E-state index in [1.807, 2.05) is 31.2 Å². The Balaban J connectivity index is 0.000000165. The lowest BCUT2D eigenvalue weighted by Crippen LogP contribution is -2.28. The van der Waals surface area contributed by atoms with E-state index in [2.05, 4.69) is 25.5 Å². The number of phenols is 2. The smallest absolute Gasteiger partial charge is 0.317 e. The van der Waals surface area contributed by atoms with Crippen LogP contribution in [0.1, 0.15) is 58.1 Å². The predicted molar refractivity (Wildman–Crippen MR) is 125 cm³/mol. The number of rotatable bonds is 2. The third kappa shape index (κ3) is 6.35. The molecule has 4 unspecified atom stereocenters. The lowest BCUT2D eigenvalue weighted by Gasteiger charge is -2.26. The van der Waals surface area contributed by atoms with E-state index < -0.39 is 0 Å². The van der Waals surface area contributed by atoms with Crippen molar-refractivity contribution in [3.8, 4) is 11.5 Å². The van der Waals surface area contributed by atoms with E-state index in [9.17, 15) is 19.8 Å². The molecule has 1 aliphatic carbocycles. The number of cyclic esters (lactones) is 2. The number of aromatic hydroxyl groups is 2. The lowest BCUT2D eigenvalue weighted by molar-refractivity contribution is -0.154. The summed E-state index contributed by atoms with van der Waals surface area (Å²) in [6.07, 6.45) is 3.51. The zero-order chi connectivity index (χ0) is 24.2. The normalized spacial score (nSPS) is 25.6. The average Bonchev–Trinajstić information content (AvgIpc) is 3.50. The van der Waals surface area contributed by atoms with Crippen LogP contribution in [0, 0.1) is 17.8 Å². The van der Waals surface area contributed by atoms with Gasteiger partial charge in [0.1, 0.15) is 11.5 Å². The molecule has 33 heavy (non-hydrogen) atoms. The first kappa shape index (κ1) is 24.8. The van der Waals surface area contributed by atoms with Gasteiger partial charge in [-0.25, -0.2) is 0 Å². The molecule has 2 heterocycles. The van der Waals surface area contributed by atoms with E-state index >= 15 is 0 Å². The number of carbonyl (C=O) groups is 2. The van der Waals surface area contributed by atoms with Crippen molar-refractivity contribution >= 4 is 11.9 Å². The highest BCUT2D eigenvalue weighted by Gasteiger charge is 2.48. The van der Waals surface area contributed by atoms with Crippen LogP contribution in [-0.2, 0) is 24.5 Å². The van der Waals surface area contributed by atoms with Crippen LogP contribution < -0.4 is 0 Å². The third-order valence-electron chi connectivity index (χ3n) is 6.68. The van der Waals surface area contributed by atoms with Crippen molar-refractivity contribution in [1.82, 2.24) is 0 Å². The summed E-state index contributed by atoms with van der Waals surface area (Å²) >= 11 is 0. The van der Waals surface area contributed by atoms with Gasteiger partial charge in [-0.1, -0.05) is 51.5 Å². The summed E-state index contributed by atoms with van der Waals surface area (Å²) in [7, 11) is 0. The van der Waals surface area contributed by atoms with Gasteiger partial charge in [0.25, 0.3) is 0 Å². The Morgan fingerprint density at radius 1 is 0.818 bits per heavy atom. The molecule has 6 nitrogen and oxygen atoms in total. The highest BCUT2D eigenvalue weighted by atomic mass is 16.6. The van der Waals surface area contributed by atoms with Gasteiger partial charge in [0.15, 0.2) is 0 Å². The van der Waals surface area contributed by atoms with Crippen LogP contribution in [0.3, 0.4) is 0 Å². The highest BCUT2D eigenvalue weighted by Crippen LogP contribution is 2.40. The second-order valence-corrected chi connectivity index (χ2v) is 9.64. The molecule has 0 spiro atoms. The fourth-order valence-electron chi connectivity index (χ4n) is 4.34. The molecule has 0 radical (unpaired) electrons. The van der Waals surface area contributed by atoms with Gasteiger partial charge >= 0.3 is 11.9 Å². The molecule has 6 heteroatoms. The summed E-state index contributed by atoms with van der Waals surface area (Å²) in [5.74, 6) is 0.0227. The second kappa shape index (κ2) is 10.4. The summed E-state index contributed by atoms with van der Waals surface area (Å²) in [4.78, 5) is 22.3. The SMILES string of the molecule is CC(C)(c1ccc(O)cc1)c1ccc(O)cc1.CC1CCCC2C(=O)OC(=O)C12.CC1CO1. The molecule has 0 amide bonds. The number of fused-ring (bicyclic) bond motifs is 1. The third-order valence-corrected chi connectivity index (χ3v) is 6.68. The van der Waals surface area contributed by atoms with E-state index in [0.29, 0.717) is 12.0 Å². The van der Waals surface area contributed by atoms with Gasteiger partial charge in [-0.3, -0.25) is 9.59 Å². The fourth-order valence-corrected chi connectivity index (χ4v) is 4.34. The Morgan fingerprint density at radius 3 is 1.67 bits per heavy atom. The summed E-state index contributed by atoms with van der Waals surface area (Å²) < 4.78 is 9.31. The zero-order valence-corrected chi connectivity index (χ0v) is 19.8. The van der Waals surface area contributed by atoms with Gasteiger partial charge in [0.05, 0.1) is 24.5 Å². The fraction of sp³-hybridized carbons (Fsp3) is 0.481. The first-order valence-corrected chi connectivity index (χ1v) is 11.6. The average molecular weight is 455 g/mol. The molecule has 2 aliphatic heterocycles. The van der Waals surface area contributed by atoms with Crippen molar-refractivity contribution in [3.05, 3.63) is 59.7 Å². The van der Waals surface area contributed by atoms with Crippen molar-refractivity contribution in [3.63, 3.8) is 0 Å². The quantitative estimate of drug-likeness (QED) is 0.379. The Labute approximate surface area is 195 Å². The zero-order valence-electron chi connectivity index (χ0n) is 19.8. The first-order chi connectivity index (χ1) is 15.6. The Morgan fingerprint density at radius 2 is 1.27 bits per heavy atom. The summed E-state index contributed by atoms with van der Waals surface area (Å²) in [5.41, 5.74) is 2.10.